The zero-order valence-corrected chi connectivity index (χ0v) is 36.1. The molecule has 29 heteroatoms. The third-order valence-electron chi connectivity index (χ3n) is 8.98. The molecule has 0 fully saturated rings. The van der Waals surface area contributed by atoms with E-state index in [1.807, 2.05) is 0 Å². The summed E-state index contributed by atoms with van der Waals surface area (Å²) in [5.74, 6) is -5.19. The molecule has 67 heavy (non-hydrogen) atoms. The predicted molar refractivity (Wildman–Crippen MR) is 220 cm³/mol. The van der Waals surface area contributed by atoms with E-state index in [1.165, 1.54) is 34.5 Å². The first-order valence-corrected chi connectivity index (χ1v) is 22.6. The Hall–Kier alpha value is -7.21. The number of carbonyl (C=O) groups excluding carboxylic acids is 4. The molecule has 3 heterocycles. The van der Waals surface area contributed by atoms with Crippen molar-refractivity contribution in [2.75, 3.05) is 41.1 Å². The van der Waals surface area contributed by atoms with Crippen molar-refractivity contribution in [2.24, 2.45) is 5.73 Å². The van der Waals surface area contributed by atoms with Crippen molar-refractivity contribution in [1.29, 1.82) is 0 Å². The first-order chi connectivity index (χ1) is 31.3. The monoisotopic (exact) mass is 989 g/mol. The van der Waals surface area contributed by atoms with Crippen LogP contribution in [0, 0.1) is 18.2 Å². The number of carbonyl (C=O) groups is 6. The van der Waals surface area contributed by atoms with Crippen LogP contribution in [0.1, 0.15) is 42.5 Å². The number of hydrogen-bond donors (Lipinski definition) is 6. The van der Waals surface area contributed by atoms with Crippen LogP contribution in [0.3, 0.4) is 0 Å². The Bertz CT molecular complexity index is 2630. The quantitative estimate of drug-likeness (QED) is 0.0582. The van der Waals surface area contributed by atoms with Gasteiger partial charge in [0.05, 0.1) is 29.5 Å². The minimum Gasteiger partial charge on any atom is -0.481 e. The fraction of sp³-hybridized carbons (Fsp3) is 0.316. The molecule has 7 N–H and O–H groups in total. The van der Waals surface area contributed by atoms with Gasteiger partial charge in [0.1, 0.15) is 16.7 Å². The molecular weight excluding hydrogens is 952 g/mol. The van der Waals surface area contributed by atoms with Crippen LogP contribution in [0.15, 0.2) is 58.5 Å². The first-order valence-electron chi connectivity index (χ1n) is 18.9. The van der Waals surface area contributed by atoms with Crippen LogP contribution >= 0.6 is 7.37 Å². The summed E-state index contributed by atoms with van der Waals surface area (Å²) in [6.07, 6.45) is 8.01. The van der Waals surface area contributed by atoms with E-state index >= 15 is 0 Å². The van der Waals surface area contributed by atoms with Crippen molar-refractivity contribution in [2.45, 2.75) is 56.3 Å². The fourth-order valence-electron chi connectivity index (χ4n) is 6.05. The molecule has 0 bridgehead atoms. The fourth-order valence-corrected chi connectivity index (χ4v) is 7.92. The van der Waals surface area contributed by atoms with Crippen LogP contribution in [0.2, 0.25) is 0 Å². The lowest BCUT2D eigenvalue weighted by Gasteiger charge is -2.29. The summed E-state index contributed by atoms with van der Waals surface area (Å²) in [7, 11) is -7.82. The number of carboxylic acids is 2. The number of ether oxygens (including phenoxy) is 3. The summed E-state index contributed by atoms with van der Waals surface area (Å²) in [5, 5.41) is 19.0. The topological polar surface area (TPSA) is 324 Å². The first kappa shape index (κ1) is 52.4. The summed E-state index contributed by atoms with van der Waals surface area (Å²) in [6.45, 7) is -5.90. The molecule has 2 aliphatic heterocycles. The van der Waals surface area contributed by atoms with E-state index in [1.54, 1.807) is 5.32 Å². The van der Waals surface area contributed by atoms with Crippen molar-refractivity contribution < 1.29 is 93.0 Å². The van der Waals surface area contributed by atoms with Crippen LogP contribution in [-0.4, -0.2) is 114 Å². The second kappa shape index (κ2) is 22.3. The van der Waals surface area contributed by atoms with E-state index in [4.69, 9.17) is 32.0 Å². The maximum absolute atomic E-state index is 14.7. The molecule has 2 aromatic carbocycles. The van der Waals surface area contributed by atoms with Gasteiger partial charge in [-0.3, -0.25) is 34.0 Å². The second-order valence-electron chi connectivity index (χ2n) is 13.8. The Kier molecular flexibility index (Phi) is 17.5. The Morgan fingerprint density at radius 2 is 1.54 bits per heavy atom. The summed E-state index contributed by atoms with van der Waals surface area (Å²) in [5.41, 5.74) is 5.44. The van der Waals surface area contributed by atoms with Gasteiger partial charge in [0.2, 0.25) is 17.7 Å². The zero-order chi connectivity index (χ0) is 50.0. The molecule has 0 radical (unpaired) electrons. The molecule has 5 amide bonds. The van der Waals surface area contributed by atoms with Gasteiger partial charge in [-0.2, -0.15) is 27.5 Å². The molecule has 0 saturated heterocycles. The van der Waals surface area contributed by atoms with Crippen LogP contribution < -0.4 is 39.8 Å². The standard InChI is InChI=1S/C19H15FN2O4.C14H10F4N4O7S.C5H12NO4P/c1-2-7-21-15-9-14(13(20)8-16(15)26-10-17(21)23)22-18(24)11-5-3-4-6-12(11)19(22)25;15-11(16)28-8-5-9(29-12(17)18)20-13(19-8)21-14(25)22-30(26,27)7-4-2-1-3-6(7)10(23)24;1-11(9,10)3-2-4(6)5(7)8/h1,8-9H,3-7,10H2;1-5,11-12H,(H,23,24)(H2,19,20,21,22,25);4H,2-3,6H2,1H3,(H,7,8)(H,9,10). The van der Waals surface area contributed by atoms with Crippen LogP contribution in [0.25, 0.3) is 0 Å². The third kappa shape index (κ3) is 14.1. The summed E-state index contributed by atoms with van der Waals surface area (Å²) in [4.78, 5) is 87.3. The van der Waals surface area contributed by atoms with Crippen molar-refractivity contribution in [3.8, 4) is 29.9 Å². The molecule has 2 unspecified atom stereocenters. The average molecular weight is 990 g/mol. The largest absolute Gasteiger partial charge is 0.481 e. The van der Waals surface area contributed by atoms with Crippen molar-refractivity contribution >= 4 is 70.4 Å². The number of terminal acetylenes is 1. The number of fused-ring (bicyclic) bond motifs is 1. The summed E-state index contributed by atoms with van der Waals surface area (Å²) >= 11 is 0. The lowest BCUT2D eigenvalue weighted by atomic mass is 9.93. The number of nitrogens with zero attached hydrogens (tertiary/aromatic N) is 4. The normalized spacial score (nSPS) is 15.6. The zero-order valence-electron chi connectivity index (χ0n) is 34.4. The van der Waals surface area contributed by atoms with Gasteiger partial charge in [-0.05, 0) is 50.3 Å². The van der Waals surface area contributed by atoms with Crippen LogP contribution in [0.5, 0.6) is 17.5 Å². The Morgan fingerprint density at radius 1 is 0.970 bits per heavy atom. The summed E-state index contributed by atoms with van der Waals surface area (Å²) < 4.78 is 114. The molecule has 360 valence electrons. The Balaban J connectivity index is 0.000000241. The van der Waals surface area contributed by atoms with Gasteiger partial charge in [0.15, 0.2) is 19.8 Å². The number of hydrogen-bond acceptors (Lipinski definition) is 15. The minimum absolute atomic E-state index is 0.0170. The highest BCUT2D eigenvalue weighted by Gasteiger charge is 2.42. The van der Waals surface area contributed by atoms with Crippen molar-refractivity contribution in [3.05, 3.63) is 65.0 Å². The van der Waals surface area contributed by atoms with Gasteiger partial charge < -0.3 is 35.1 Å². The van der Waals surface area contributed by atoms with E-state index < -0.39 is 100 Å². The van der Waals surface area contributed by atoms with E-state index in [9.17, 15) is 63.7 Å². The minimum atomic E-state index is -4.71. The number of carboxylic acid groups (broad SMARTS) is 2. The molecule has 6 rings (SSSR count). The van der Waals surface area contributed by atoms with E-state index in [-0.39, 0.29) is 48.8 Å². The highest BCUT2D eigenvalue weighted by atomic mass is 32.2. The molecule has 0 saturated carbocycles. The molecule has 1 aromatic heterocycles. The number of rotatable bonds is 14. The molecule has 1 aliphatic carbocycles. The summed E-state index contributed by atoms with van der Waals surface area (Å²) in [6, 6.07) is 4.56. The smallest absolute Gasteiger partial charge is 0.388 e. The third-order valence-corrected chi connectivity index (χ3v) is 11.5. The lowest BCUT2D eigenvalue weighted by Crippen LogP contribution is -2.39. The van der Waals surface area contributed by atoms with Gasteiger partial charge in [-0.15, -0.1) is 6.42 Å². The molecule has 3 aliphatic rings. The van der Waals surface area contributed by atoms with Crippen LogP contribution in [0.4, 0.5) is 44.1 Å². The predicted octanol–water partition coefficient (Wildman–Crippen LogP) is 3.50. The number of alkyl halides is 4. The average Bonchev–Trinajstić information content (AvgIpc) is 3.48. The van der Waals surface area contributed by atoms with Gasteiger partial charge in [0, 0.05) is 30.0 Å². The van der Waals surface area contributed by atoms with E-state index in [0.29, 0.717) is 30.1 Å². The number of nitrogens with two attached hydrogens (primary N) is 1. The van der Waals surface area contributed by atoms with E-state index in [0.717, 1.165) is 35.9 Å². The highest BCUT2D eigenvalue weighted by molar-refractivity contribution is 7.90. The molecule has 22 nitrogen and oxygen atoms in total. The lowest BCUT2D eigenvalue weighted by molar-refractivity contribution is -0.138. The Morgan fingerprint density at radius 3 is 2.04 bits per heavy atom. The molecule has 0 spiro atoms. The number of anilines is 3. The highest BCUT2D eigenvalue weighted by Crippen LogP contribution is 2.42. The number of aromatic carboxylic acids is 1. The molecule has 2 atom stereocenters. The Labute approximate surface area is 375 Å². The maximum atomic E-state index is 14.7. The van der Waals surface area contributed by atoms with Crippen LogP contribution in [-0.2, 0) is 33.8 Å². The number of imide groups is 1. The number of aliphatic carboxylic acids is 1. The number of benzene rings is 2. The van der Waals surface area contributed by atoms with Gasteiger partial charge in [-0.25, -0.2) is 32.0 Å². The number of amides is 5. The van der Waals surface area contributed by atoms with Crippen molar-refractivity contribution in [3.63, 3.8) is 0 Å². The van der Waals surface area contributed by atoms with Crippen molar-refractivity contribution in [1.82, 2.24) is 14.7 Å². The second-order valence-corrected chi connectivity index (χ2v) is 18.0. The number of aromatic nitrogens is 2. The maximum Gasteiger partial charge on any atom is 0.388 e. The van der Waals surface area contributed by atoms with Gasteiger partial charge >= 0.3 is 31.2 Å². The number of sulfonamides is 1. The molecule has 3 aromatic rings. The van der Waals surface area contributed by atoms with Gasteiger partial charge in [-0.1, -0.05) is 18.1 Å². The van der Waals surface area contributed by atoms with Gasteiger partial charge in [0.25, 0.3) is 27.7 Å². The number of halogens is 5. The SMILES string of the molecule is C#CCN1C(=O)COc2cc(F)c(N3C(=O)C4=C(CCCC4)C3=O)cc21.CP(=O)(O)CCC(N)C(=O)O.O=C(Nc1nc(OC(F)F)cc(OC(F)F)n1)NS(=O)(=O)c1ccccc1C(=O)O. The number of urea groups is 1. The van der Waals surface area contributed by atoms with E-state index in [2.05, 4.69) is 25.4 Å². The number of nitrogens with one attached hydrogen (secondary N) is 2. The molecular formula is C38H37F5N7O15PS.